The molecule has 6 heteroatoms. The van der Waals surface area contributed by atoms with Gasteiger partial charge in [-0.25, -0.2) is 13.8 Å². The van der Waals surface area contributed by atoms with E-state index in [1.165, 1.54) is 0 Å². The van der Waals surface area contributed by atoms with E-state index in [1.54, 1.807) is 7.11 Å². The first-order valence-corrected chi connectivity index (χ1v) is 6.96. The van der Waals surface area contributed by atoms with Gasteiger partial charge in [0.05, 0.1) is 12.8 Å². The largest absolute Gasteiger partial charge is 0.383 e. The fourth-order valence-electron chi connectivity index (χ4n) is 2.54. The standard InChI is InChI=1S/C14H21F2N3O/c1-20-6-4-17-8-11-3-2-5-19(10-11)14-13(16)7-12(15)9-18-14/h7,9,11,17H,2-6,8,10H2,1H3. The summed E-state index contributed by atoms with van der Waals surface area (Å²) < 4.78 is 31.6. The van der Waals surface area contributed by atoms with Crippen LogP contribution in [0, 0.1) is 17.6 Å². The van der Waals surface area contributed by atoms with Gasteiger partial charge in [0.2, 0.25) is 0 Å². The topological polar surface area (TPSA) is 37.4 Å². The zero-order valence-electron chi connectivity index (χ0n) is 11.7. The molecule has 1 fully saturated rings. The molecule has 2 rings (SSSR count). The Kier molecular flexibility index (Phi) is 5.67. The smallest absolute Gasteiger partial charge is 0.168 e. The van der Waals surface area contributed by atoms with Gasteiger partial charge in [0.25, 0.3) is 0 Å². The molecule has 1 saturated heterocycles. The van der Waals surface area contributed by atoms with Crippen molar-refractivity contribution in [2.45, 2.75) is 12.8 Å². The van der Waals surface area contributed by atoms with Crippen molar-refractivity contribution in [1.82, 2.24) is 10.3 Å². The molecule has 1 atom stereocenters. The van der Waals surface area contributed by atoms with Gasteiger partial charge >= 0.3 is 0 Å². The predicted molar refractivity (Wildman–Crippen MR) is 73.8 cm³/mol. The van der Waals surface area contributed by atoms with Crippen molar-refractivity contribution >= 4 is 5.82 Å². The second kappa shape index (κ2) is 7.50. The molecule has 0 saturated carbocycles. The number of anilines is 1. The van der Waals surface area contributed by atoms with Crippen molar-refractivity contribution in [2.75, 3.05) is 44.8 Å². The Labute approximate surface area is 118 Å². The maximum absolute atomic E-state index is 13.7. The lowest BCUT2D eigenvalue weighted by atomic mass is 9.98. The first-order valence-electron chi connectivity index (χ1n) is 6.96. The third kappa shape index (κ3) is 4.11. The minimum atomic E-state index is -0.638. The second-order valence-electron chi connectivity index (χ2n) is 5.11. The van der Waals surface area contributed by atoms with Crippen LogP contribution in [0.1, 0.15) is 12.8 Å². The predicted octanol–water partition coefficient (Wildman–Crippen LogP) is 1.81. The molecule has 0 aromatic carbocycles. The van der Waals surface area contributed by atoms with Gasteiger partial charge in [0.1, 0.15) is 5.82 Å². The van der Waals surface area contributed by atoms with Crippen LogP contribution < -0.4 is 10.2 Å². The molecule has 0 aliphatic carbocycles. The second-order valence-corrected chi connectivity index (χ2v) is 5.11. The highest BCUT2D eigenvalue weighted by Crippen LogP contribution is 2.23. The van der Waals surface area contributed by atoms with E-state index >= 15 is 0 Å². The normalized spacial score (nSPS) is 19.4. The van der Waals surface area contributed by atoms with Crippen molar-refractivity contribution in [2.24, 2.45) is 5.92 Å². The van der Waals surface area contributed by atoms with E-state index in [1.807, 2.05) is 4.90 Å². The lowest BCUT2D eigenvalue weighted by molar-refractivity contribution is 0.197. The van der Waals surface area contributed by atoms with Crippen LogP contribution in [0.4, 0.5) is 14.6 Å². The van der Waals surface area contributed by atoms with Crippen LogP contribution in [-0.4, -0.2) is 44.9 Å². The number of aromatic nitrogens is 1. The number of nitrogens with zero attached hydrogens (tertiary/aromatic N) is 2. The zero-order valence-corrected chi connectivity index (χ0v) is 11.7. The zero-order chi connectivity index (χ0) is 14.4. The summed E-state index contributed by atoms with van der Waals surface area (Å²) in [5, 5.41) is 3.33. The Balaban J connectivity index is 1.89. The first-order chi connectivity index (χ1) is 9.70. The molecule has 4 nitrogen and oxygen atoms in total. The quantitative estimate of drug-likeness (QED) is 0.809. The molecule has 0 bridgehead atoms. The van der Waals surface area contributed by atoms with Gasteiger partial charge in [0.15, 0.2) is 11.6 Å². The summed E-state index contributed by atoms with van der Waals surface area (Å²) in [5.41, 5.74) is 0. The summed E-state index contributed by atoms with van der Waals surface area (Å²) in [4.78, 5) is 5.78. The number of rotatable bonds is 6. The Morgan fingerprint density at radius 3 is 3.10 bits per heavy atom. The molecule has 2 heterocycles. The summed E-state index contributed by atoms with van der Waals surface area (Å²) in [6.45, 7) is 3.89. The summed E-state index contributed by atoms with van der Waals surface area (Å²) >= 11 is 0. The Morgan fingerprint density at radius 1 is 1.50 bits per heavy atom. The highest BCUT2D eigenvalue weighted by Gasteiger charge is 2.22. The van der Waals surface area contributed by atoms with Crippen LogP contribution in [0.15, 0.2) is 12.3 Å². The molecular weight excluding hydrogens is 264 g/mol. The van der Waals surface area contributed by atoms with Crippen molar-refractivity contribution in [3.63, 3.8) is 0 Å². The van der Waals surface area contributed by atoms with Crippen LogP contribution >= 0.6 is 0 Å². The summed E-state index contributed by atoms with van der Waals surface area (Å²) in [5.74, 6) is -0.515. The van der Waals surface area contributed by atoms with Gasteiger partial charge in [-0.15, -0.1) is 0 Å². The minimum Gasteiger partial charge on any atom is -0.383 e. The molecule has 1 aromatic heterocycles. The summed E-state index contributed by atoms with van der Waals surface area (Å²) in [7, 11) is 1.67. The van der Waals surface area contributed by atoms with Gasteiger partial charge < -0.3 is 15.0 Å². The molecule has 0 radical (unpaired) electrons. The highest BCUT2D eigenvalue weighted by atomic mass is 19.1. The number of ether oxygens (including phenoxy) is 1. The Bertz CT molecular complexity index is 431. The number of halogens is 2. The van der Waals surface area contributed by atoms with E-state index in [4.69, 9.17) is 4.74 Å². The molecular formula is C14H21F2N3O. The molecule has 20 heavy (non-hydrogen) atoms. The fraction of sp³-hybridized carbons (Fsp3) is 0.643. The van der Waals surface area contributed by atoms with E-state index in [0.29, 0.717) is 12.5 Å². The van der Waals surface area contributed by atoms with Gasteiger partial charge in [-0.3, -0.25) is 0 Å². The molecule has 0 amide bonds. The number of methoxy groups -OCH3 is 1. The maximum Gasteiger partial charge on any atom is 0.168 e. The number of piperidine rings is 1. The molecule has 1 unspecified atom stereocenters. The van der Waals surface area contributed by atoms with Crippen molar-refractivity contribution in [3.8, 4) is 0 Å². The Morgan fingerprint density at radius 2 is 2.35 bits per heavy atom. The van der Waals surface area contributed by atoms with E-state index in [0.717, 1.165) is 51.3 Å². The monoisotopic (exact) mass is 285 g/mol. The van der Waals surface area contributed by atoms with Crippen LogP contribution in [-0.2, 0) is 4.74 Å². The maximum atomic E-state index is 13.7. The summed E-state index contributed by atoms with van der Waals surface area (Å²) in [6, 6.07) is 0.892. The number of hydrogen-bond donors (Lipinski definition) is 1. The van der Waals surface area contributed by atoms with Crippen LogP contribution in [0.3, 0.4) is 0 Å². The van der Waals surface area contributed by atoms with E-state index in [2.05, 4.69) is 10.3 Å². The summed E-state index contributed by atoms with van der Waals surface area (Å²) in [6.07, 6.45) is 3.17. The van der Waals surface area contributed by atoms with E-state index < -0.39 is 11.6 Å². The first kappa shape index (κ1) is 15.1. The average molecular weight is 285 g/mol. The highest BCUT2D eigenvalue weighted by molar-refractivity contribution is 5.40. The lowest BCUT2D eigenvalue weighted by Crippen LogP contribution is -2.41. The van der Waals surface area contributed by atoms with Gasteiger partial charge in [0, 0.05) is 32.8 Å². The molecule has 1 N–H and O–H groups in total. The molecule has 1 aliphatic heterocycles. The molecule has 112 valence electrons. The SMILES string of the molecule is COCCNCC1CCCN(c2ncc(F)cc2F)C1. The fourth-order valence-corrected chi connectivity index (χ4v) is 2.54. The van der Waals surface area contributed by atoms with Crippen LogP contribution in [0.5, 0.6) is 0 Å². The van der Waals surface area contributed by atoms with Crippen LogP contribution in [0.2, 0.25) is 0 Å². The van der Waals surface area contributed by atoms with Gasteiger partial charge in [-0.2, -0.15) is 0 Å². The average Bonchev–Trinajstić information content (AvgIpc) is 2.44. The molecule has 0 spiro atoms. The van der Waals surface area contributed by atoms with Gasteiger partial charge in [-0.05, 0) is 25.3 Å². The minimum absolute atomic E-state index is 0.257. The third-order valence-corrected chi connectivity index (χ3v) is 3.52. The number of nitrogens with one attached hydrogen (secondary N) is 1. The van der Waals surface area contributed by atoms with Crippen molar-refractivity contribution in [1.29, 1.82) is 0 Å². The molecule has 1 aliphatic rings. The van der Waals surface area contributed by atoms with Crippen molar-refractivity contribution < 1.29 is 13.5 Å². The lowest BCUT2D eigenvalue weighted by Gasteiger charge is -2.33. The van der Waals surface area contributed by atoms with Crippen molar-refractivity contribution in [3.05, 3.63) is 23.9 Å². The number of pyridine rings is 1. The van der Waals surface area contributed by atoms with Crippen LogP contribution in [0.25, 0.3) is 0 Å². The number of hydrogen-bond acceptors (Lipinski definition) is 4. The molecule has 1 aromatic rings. The third-order valence-electron chi connectivity index (χ3n) is 3.52. The van der Waals surface area contributed by atoms with Gasteiger partial charge in [-0.1, -0.05) is 0 Å². The van der Waals surface area contributed by atoms with E-state index in [-0.39, 0.29) is 5.82 Å². The van der Waals surface area contributed by atoms with E-state index in [9.17, 15) is 8.78 Å². The Hall–Kier alpha value is -1.27.